The van der Waals surface area contributed by atoms with Crippen molar-refractivity contribution in [3.05, 3.63) is 86.7 Å². The van der Waals surface area contributed by atoms with Gasteiger partial charge in [0.25, 0.3) is 5.56 Å². The van der Waals surface area contributed by atoms with Crippen LogP contribution in [0.2, 0.25) is 0 Å². The number of ether oxygens (including phenoxy) is 1. The number of aromatic carboxylic acids is 1. The van der Waals surface area contributed by atoms with Crippen LogP contribution < -0.4 is 9.74 Å². The molecule has 0 fully saturated rings. The molecule has 9 nitrogen and oxygen atoms in total. The van der Waals surface area contributed by atoms with E-state index in [1.54, 1.807) is 35.8 Å². The number of pyridine rings is 2. The van der Waals surface area contributed by atoms with Gasteiger partial charge in [-0.05, 0) is 66.9 Å². The van der Waals surface area contributed by atoms with Gasteiger partial charge in [0.1, 0.15) is 12.4 Å². The molecule has 10 heteroatoms. The third-order valence-electron chi connectivity index (χ3n) is 7.47. The highest BCUT2D eigenvalue weighted by atomic mass is 32.2. The van der Waals surface area contributed by atoms with Gasteiger partial charge in [0, 0.05) is 21.4 Å². The minimum atomic E-state index is -1.87. The summed E-state index contributed by atoms with van der Waals surface area (Å²) in [5.74, 6) is -1.12. The molecule has 2 aromatic carbocycles. The molecule has 198 valence electrons. The Labute approximate surface area is 227 Å². The van der Waals surface area contributed by atoms with Crippen molar-refractivity contribution in [2.24, 2.45) is 0 Å². The van der Waals surface area contributed by atoms with E-state index in [1.165, 1.54) is 12.1 Å². The third kappa shape index (κ3) is 3.90. The number of nitrogens with zero attached hydrogens (tertiary/aromatic N) is 2. The first-order chi connectivity index (χ1) is 18.7. The van der Waals surface area contributed by atoms with Gasteiger partial charge >= 0.3 is 11.9 Å². The highest BCUT2D eigenvalue weighted by Crippen LogP contribution is 2.41. The van der Waals surface area contributed by atoms with Crippen LogP contribution in [0, 0.1) is 0 Å². The van der Waals surface area contributed by atoms with Crippen molar-refractivity contribution in [1.29, 1.82) is 0 Å². The van der Waals surface area contributed by atoms with Crippen LogP contribution in [-0.4, -0.2) is 31.7 Å². The monoisotopic (exact) mass is 544 g/mol. The smallest absolute Gasteiger partial charge is 0.343 e. The van der Waals surface area contributed by atoms with Crippen molar-refractivity contribution >= 4 is 34.9 Å². The fourth-order valence-corrected chi connectivity index (χ4v) is 5.89. The lowest BCUT2D eigenvalue weighted by molar-refractivity contribution is -0.172. The number of aryl methyl sites for hydroxylation is 1. The molecule has 0 spiro atoms. The largest absolute Gasteiger partial charge is 0.478 e. The summed E-state index contributed by atoms with van der Waals surface area (Å²) in [6, 6.07) is 13.7. The summed E-state index contributed by atoms with van der Waals surface area (Å²) in [4.78, 5) is 42.6. The summed E-state index contributed by atoms with van der Waals surface area (Å²) < 4.78 is 12.7. The lowest BCUT2D eigenvalue weighted by Gasteiger charge is -2.31. The molecule has 0 saturated heterocycles. The maximum atomic E-state index is 13.5. The molecule has 2 aromatic heterocycles. The van der Waals surface area contributed by atoms with Crippen molar-refractivity contribution in [2.75, 3.05) is 0 Å². The number of hydrogen-bond acceptors (Lipinski definition) is 8. The standard InChI is InChI=1S/C29H24N2O7S/c1-3-18-19-11-16(38-39-17-8-5-15(6-9-17)27(33)34)7-10-23(19)30-25-20(18)13-31-24(25)12-22-21(26(31)32)14-37-28(35)29(22,36)4-2/h5-12,36H,3-4,13-14H2,1-2H3,(H,33,34). The van der Waals surface area contributed by atoms with Crippen LogP contribution in [0.15, 0.2) is 58.2 Å². The van der Waals surface area contributed by atoms with Gasteiger partial charge in [-0.3, -0.25) is 4.79 Å². The number of rotatable bonds is 6. The van der Waals surface area contributed by atoms with E-state index in [0.29, 0.717) is 41.2 Å². The molecule has 6 rings (SSSR count). The quantitative estimate of drug-likeness (QED) is 0.236. The predicted octanol–water partition coefficient (Wildman–Crippen LogP) is 4.43. The molecule has 4 heterocycles. The predicted molar refractivity (Wildman–Crippen MR) is 144 cm³/mol. The molecule has 1 atom stereocenters. The number of carbonyl (C=O) groups excluding carboxylic acids is 1. The number of fused-ring (bicyclic) bond motifs is 5. The zero-order chi connectivity index (χ0) is 27.5. The van der Waals surface area contributed by atoms with Gasteiger partial charge in [0.15, 0.2) is 5.60 Å². The second-order valence-electron chi connectivity index (χ2n) is 9.55. The Balaban J connectivity index is 1.39. The normalized spacial score (nSPS) is 17.4. The Kier molecular flexibility index (Phi) is 5.96. The summed E-state index contributed by atoms with van der Waals surface area (Å²) in [6.45, 7) is 3.89. The van der Waals surface area contributed by atoms with E-state index in [2.05, 4.69) is 0 Å². The molecule has 0 saturated carbocycles. The first kappa shape index (κ1) is 25.1. The summed E-state index contributed by atoms with van der Waals surface area (Å²) in [5.41, 5.74) is 2.57. The number of carboxylic acid groups (broad SMARTS) is 1. The number of cyclic esters (lactones) is 1. The highest BCUT2D eigenvalue weighted by Gasteiger charge is 2.45. The van der Waals surface area contributed by atoms with E-state index in [0.717, 1.165) is 39.0 Å². The average Bonchev–Trinajstić information content (AvgIpc) is 3.31. The first-order valence-corrected chi connectivity index (χ1v) is 13.3. The maximum absolute atomic E-state index is 13.5. The van der Waals surface area contributed by atoms with Gasteiger partial charge in [-0.2, -0.15) is 0 Å². The minimum Gasteiger partial charge on any atom is -0.478 e. The molecular formula is C29H24N2O7S. The molecule has 2 aliphatic heterocycles. The van der Waals surface area contributed by atoms with E-state index >= 15 is 0 Å². The second-order valence-corrected chi connectivity index (χ2v) is 10.4. The molecule has 4 aromatic rings. The first-order valence-electron chi connectivity index (χ1n) is 12.6. The molecule has 0 aliphatic carbocycles. The number of carboxylic acids is 1. The van der Waals surface area contributed by atoms with E-state index in [4.69, 9.17) is 19.0 Å². The second kappa shape index (κ2) is 9.25. The van der Waals surface area contributed by atoms with Gasteiger partial charge < -0.3 is 23.7 Å². The molecule has 0 radical (unpaired) electrons. The summed E-state index contributed by atoms with van der Waals surface area (Å²) in [7, 11) is 0. The zero-order valence-corrected chi connectivity index (χ0v) is 22.0. The Morgan fingerprint density at radius 1 is 1.13 bits per heavy atom. The van der Waals surface area contributed by atoms with Crippen molar-refractivity contribution in [3.8, 4) is 17.1 Å². The van der Waals surface area contributed by atoms with Crippen molar-refractivity contribution in [2.45, 2.75) is 50.3 Å². The van der Waals surface area contributed by atoms with Gasteiger partial charge in [-0.1, -0.05) is 13.8 Å². The van der Waals surface area contributed by atoms with Crippen LogP contribution in [0.1, 0.15) is 52.9 Å². The highest BCUT2D eigenvalue weighted by molar-refractivity contribution is 7.95. The van der Waals surface area contributed by atoms with E-state index in [9.17, 15) is 19.5 Å². The van der Waals surface area contributed by atoms with Crippen LogP contribution in [0.5, 0.6) is 5.75 Å². The molecular weight excluding hydrogens is 520 g/mol. The fraction of sp³-hybridized carbons (Fsp3) is 0.241. The minimum absolute atomic E-state index is 0.0877. The Bertz CT molecular complexity index is 1750. The van der Waals surface area contributed by atoms with Crippen LogP contribution in [0.3, 0.4) is 0 Å². The van der Waals surface area contributed by atoms with Crippen molar-refractivity contribution < 1.29 is 28.7 Å². The fourth-order valence-electron chi connectivity index (χ4n) is 5.35. The Morgan fingerprint density at radius 3 is 2.59 bits per heavy atom. The zero-order valence-electron chi connectivity index (χ0n) is 21.2. The number of carbonyl (C=O) groups is 2. The summed E-state index contributed by atoms with van der Waals surface area (Å²) in [5, 5.41) is 21.1. The molecule has 0 bridgehead atoms. The van der Waals surface area contributed by atoms with Crippen LogP contribution in [-0.2, 0) is 34.7 Å². The van der Waals surface area contributed by atoms with Crippen LogP contribution in [0.4, 0.5) is 0 Å². The van der Waals surface area contributed by atoms with Gasteiger partial charge in [0.05, 0.1) is 46.6 Å². The molecule has 39 heavy (non-hydrogen) atoms. The van der Waals surface area contributed by atoms with Gasteiger partial charge in [-0.25, -0.2) is 14.6 Å². The van der Waals surface area contributed by atoms with E-state index in [-0.39, 0.29) is 24.2 Å². The lowest BCUT2D eigenvalue weighted by Crippen LogP contribution is -2.44. The third-order valence-corrected chi connectivity index (χ3v) is 8.21. The number of aliphatic hydroxyl groups is 1. The molecule has 1 unspecified atom stereocenters. The van der Waals surface area contributed by atoms with Crippen LogP contribution >= 0.6 is 12.0 Å². The lowest BCUT2D eigenvalue weighted by atomic mass is 9.86. The molecule has 0 amide bonds. The number of aromatic nitrogens is 2. The number of esters is 1. The number of benzene rings is 2. The molecule has 2 N–H and O–H groups in total. The topological polar surface area (TPSA) is 128 Å². The average molecular weight is 545 g/mol. The van der Waals surface area contributed by atoms with Gasteiger partial charge in [-0.15, -0.1) is 0 Å². The van der Waals surface area contributed by atoms with Crippen molar-refractivity contribution in [3.63, 3.8) is 0 Å². The van der Waals surface area contributed by atoms with Crippen molar-refractivity contribution in [1.82, 2.24) is 9.55 Å². The summed E-state index contributed by atoms with van der Waals surface area (Å²) >= 11 is 1.13. The van der Waals surface area contributed by atoms with E-state index in [1.807, 2.05) is 19.1 Å². The molecule has 2 aliphatic rings. The maximum Gasteiger partial charge on any atom is 0.343 e. The summed E-state index contributed by atoms with van der Waals surface area (Å²) in [6.07, 6.45) is 0.780. The Morgan fingerprint density at radius 2 is 1.90 bits per heavy atom. The SMILES string of the molecule is CCc1c2c(nc3ccc(OSc4ccc(C(=O)O)cc4)cc13)-c1cc3c(c(=O)n1C2)COC(=O)C3(O)CC. The van der Waals surface area contributed by atoms with E-state index < -0.39 is 17.5 Å². The van der Waals surface area contributed by atoms with Crippen LogP contribution in [0.25, 0.3) is 22.3 Å². The Hall–Kier alpha value is -4.15. The number of hydrogen-bond donors (Lipinski definition) is 2. The van der Waals surface area contributed by atoms with Gasteiger partial charge in [0.2, 0.25) is 0 Å².